The molecule has 0 aliphatic carbocycles. The van der Waals surface area contributed by atoms with Crippen molar-refractivity contribution in [3.8, 4) is 0 Å². The van der Waals surface area contributed by atoms with Gasteiger partial charge in [0.1, 0.15) is 11.4 Å². The van der Waals surface area contributed by atoms with Crippen molar-refractivity contribution in [3.63, 3.8) is 0 Å². The van der Waals surface area contributed by atoms with Crippen LogP contribution in [0.5, 0.6) is 0 Å². The van der Waals surface area contributed by atoms with E-state index in [1.54, 1.807) is 32.6 Å². The SMILES string of the molecule is CCC[C@@H](Nc1nc(Nc2cnc(N3CCOCC3)c(F)c2)c(C(N)=O)cc1F)[C@H](C)NC(=O)OC(C)(C)C. The smallest absolute Gasteiger partial charge is 0.407 e. The second kappa shape index (κ2) is 12.9. The van der Waals surface area contributed by atoms with Gasteiger partial charge in [0, 0.05) is 31.2 Å². The highest BCUT2D eigenvalue weighted by atomic mass is 19.1. The Kier molecular flexibility index (Phi) is 9.84. The lowest BCUT2D eigenvalue weighted by Crippen LogP contribution is -2.46. The molecule has 2 aromatic rings. The molecule has 2 atom stereocenters. The number of carbonyl (C=O) groups is 2. The number of hydrogen-bond donors (Lipinski definition) is 4. The van der Waals surface area contributed by atoms with E-state index >= 15 is 4.39 Å². The second-order valence-corrected chi connectivity index (χ2v) is 10.3. The second-order valence-electron chi connectivity index (χ2n) is 10.3. The van der Waals surface area contributed by atoms with Crippen molar-refractivity contribution in [2.24, 2.45) is 5.73 Å². The molecule has 2 amide bonds. The van der Waals surface area contributed by atoms with Crippen LogP contribution in [0.3, 0.4) is 0 Å². The lowest BCUT2D eigenvalue weighted by Gasteiger charge is -2.28. The van der Waals surface area contributed by atoms with Crippen LogP contribution in [0.1, 0.15) is 57.8 Å². The average molecular weight is 550 g/mol. The molecule has 3 rings (SSSR count). The van der Waals surface area contributed by atoms with Gasteiger partial charge in [0.2, 0.25) is 0 Å². The fraction of sp³-hybridized carbons (Fsp3) is 0.538. The lowest BCUT2D eigenvalue weighted by atomic mass is 10.0. The molecule has 5 N–H and O–H groups in total. The van der Waals surface area contributed by atoms with E-state index in [1.807, 2.05) is 6.92 Å². The maximum Gasteiger partial charge on any atom is 0.407 e. The van der Waals surface area contributed by atoms with Gasteiger partial charge >= 0.3 is 6.09 Å². The molecule has 0 radical (unpaired) electrons. The van der Waals surface area contributed by atoms with Crippen molar-refractivity contribution in [1.29, 1.82) is 0 Å². The summed E-state index contributed by atoms with van der Waals surface area (Å²) >= 11 is 0. The van der Waals surface area contributed by atoms with Gasteiger partial charge in [-0.05, 0) is 40.2 Å². The standard InChI is InChI=1S/C26H37F2N7O4/c1-6-7-20(15(2)31-25(37)39-26(3,4)5)33-23-18(27)13-17(21(29)36)22(34-23)32-16-12-19(28)24(30-14-16)35-8-10-38-11-9-35/h12-15,20H,6-11H2,1-5H3,(H2,29,36)(H,31,37)(H2,32,33,34)/t15-,20+/m0/s1. The summed E-state index contributed by atoms with van der Waals surface area (Å²) in [5, 5.41) is 8.60. The monoisotopic (exact) mass is 549 g/mol. The van der Waals surface area contributed by atoms with E-state index in [1.165, 1.54) is 12.3 Å². The van der Waals surface area contributed by atoms with Gasteiger partial charge in [0.15, 0.2) is 23.3 Å². The summed E-state index contributed by atoms with van der Waals surface area (Å²) in [5.41, 5.74) is 4.77. The minimum absolute atomic E-state index is 0.0743. The summed E-state index contributed by atoms with van der Waals surface area (Å²) in [6.07, 6.45) is 2.08. The Labute approximate surface area is 226 Å². The molecular formula is C26H37F2N7O4. The summed E-state index contributed by atoms with van der Waals surface area (Å²) in [5.74, 6) is -2.37. The molecular weight excluding hydrogens is 512 g/mol. The summed E-state index contributed by atoms with van der Waals surface area (Å²) < 4.78 is 40.5. The van der Waals surface area contributed by atoms with E-state index in [2.05, 4.69) is 25.9 Å². The van der Waals surface area contributed by atoms with Gasteiger partial charge < -0.3 is 36.1 Å². The first-order valence-corrected chi connectivity index (χ1v) is 12.9. The van der Waals surface area contributed by atoms with Crippen molar-refractivity contribution in [2.45, 2.75) is 65.1 Å². The van der Waals surface area contributed by atoms with Crippen LogP contribution >= 0.6 is 0 Å². The number of anilines is 4. The number of alkyl carbamates (subject to hydrolysis) is 1. The third-order valence-corrected chi connectivity index (χ3v) is 5.91. The average Bonchev–Trinajstić information content (AvgIpc) is 2.84. The molecule has 0 spiro atoms. The number of ether oxygens (including phenoxy) is 2. The van der Waals surface area contributed by atoms with Crippen LogP contribution < -0.4 is 26.6 Å². The number of nitrogens with one attached hydrogen (secondary N) is 3. The van der Waals surface area contributed by atoms with Gasteiger partial charge in [-0.25, -0.2) is 23.5 Å². The number of aromatic nitrogens is 2. The van der Waals surface area contributed by atoms with Gasteiger partial charge in [-0.2, -0.15) is 0 Å². The summed E-state index contributed by atoms with van der Waals surface area (Å²) in [6, 6.07) is 1.29. The van der Waals surface area contributed by atoms with Crippen LogP contribution in [0.2, 0.25) is 0 Å². The molecule has 39 heavy (non-hydrogen) atoms. The molecule has 13 heteroatoms. The van der Waals surface area contributed by atoms with E-state index < -0.39 is 41.3 Å². The summed E-state index contributed by atoms with van der Waals surface area (Å²) in [7, 11) is 0. The van der Waals surface area contributed by atoms with Crippen molar-refractivity contribution in [2.75, 3.05) is 41.8 Å². The van der Waals surface area contributed by atoms with Gasteiger partial charge in [0.25, 0.3) is 5.91 Å². The number of primary amides is 1. The molecule has 0 aromatic carbocycles. The zero-order chi connectivity index (χ0) is 28.7. The largest absolute Gasteiger partial charge is 0.444 e. The Morgan fingerprint density at radius 2 is 1.87 bits per heavy atom. The predicted molar refractivity (Wildman–Crippen MR) is 144 cm³/mol. The molecule has 3 heterocycles. The number of hydrogen-bond acceptors (Lipinski definition) is 9. The van der Waals surface area contributed by atoms with Crippen LogP contribution in [0, 0.1) is 11.6 Å². The number of morpholine rings is 1. The van der Waals surface area contributed by atoms with Crippen LogP contribution in [0.15, 0.2) is 18.3 Å². The molecule has 1 fully saturated rings. The summed E-state index contributed by atoms with van der Waals surface area (Å²) in [4.78, 5) is 34.6. The lowest BCUT2D eigenvalue weighted by molar-refractivity contribution is 0.0502. The molecule has 2 aromatic heterocycles. The highest BCUT2D eigenvalue weighted by molar-refractivity contribution is 5.98. The third kappa shape index (κ3) is 8.37. The Bertz CT molecular complexity index is 1170. The van der Waals surface area contributed by atoms with Crippen LogP contribution in [-0.4, -0.2) is 66.0 Å². The predicted octanol–water partition coefficient (Wildman–Crippen LogP) is 3.93. The highest BCUT2D eigenvalue weighted by Crippen LogP contribution is 2.27. The molecule has 0 saturated carbocycles. The van der Waals surface area contributed by atoms with E-state index in [0.29, 0.717) is 32.7 Å². The highest BCUT2D eigenvalue weighted by Gasteiger charge is 2.25. The fourth-order valence-electron chi connectivity index (χ4n) is 4.04. The van der Waals surface area contributed by atoms with Gasteiger partial charge in [-0.1, -0.05) is 13.3 Å². The minimum Gasteiger partial charge on any atom is -0.444 e. The van der Waals surface area contributed by atoms with E-state index in [0.717, 1.165) is 12.5 Å². The summed E-state index contributed by atoms with van der Waals surface area (Å²) in [6.45, 7) is 10.9. The van der Waals surface area contributed by atoms with Gasteiger partial charge in [0.05, 0.1) is 30.7 Å². The van der Waals surface area contributed by atoms with Crippen LogP contribution in [-0.2, 0) is 9.47 Å². The number of nitrogens with zero attached hydrogens (tertiary/aromatic N) is 3. The normalized spacial score (nSPS) is 15.3. The molecule has 1 aliphatic rings. The van der Waals surface area contributed by atoms with Crippen molar-refractivity contribution in [1.82, 2.24) is 15.3 Å². The molecule has 0 unspecified atom stereocenters. The molecule has 214 valence electrons. The first kappa shape index (κ1) is 29.8. The van der Waals surface area contributed by atoms with E-state index in [-0.39, 0.29) is 28.7 Å². The molecule has 1 aliphatic heterocycles. The fourth-order valence-corrected chi connectivity index (χ4v) is 4.04. The van der Waals surface area contributed by atoms with Crippen LogP contribution in [0.4, 0.5) is 36.7 Å². The van der Waals surface area contributed by atoms with Crippen molar-refractivity contribution < 1.29 is 27.8 Å². The molecule has 11 nitrogen and oxygen atoms in total. The number of carbonyl (C=O) groups excluding carboxylic acids is 2. The molecule has 0 bridgehead atoms. The maximum atomic E-state index is 15.0. The van der Waals surface area contributed by atoms with Crippen molar-refractivity contribution >= 4 is 35.1 Å². The first-order chi connectivity index (χ1) is 18.4. The van der Waals surface area contributed by atoms with E-state index in [4.69, 9.17) is 15.2 Å². The molecule has 1 saturated heterocycles. The number of nitrogens with two attached hydrogens (primary N) is 1. The topological polar surface area (TPSA) is 144 Å². The Morgan fingerprint density at radius 1 is 1.18 bits per heavy atom. The number of rotatable bonds is 10. The Balaban J connectivity index is 1.84. The van der Waals surface area contributed by atoms with Crippen molar-refractivity contribution in [3.05, 3.63) is 35.5 Å². The number of pyridine rings is 2. The number of halogens is 2. The quantitative estimate of drug-likeness (QED) is 0.347. The third-order valence-electron chi connectivity index (χ3n) is 5.91. The first-order valence-electron chi connectivity index (χ1n) is 12.9. The minimum atomic E-state index is -0.918. The van der Waals surface area contributed by atoms with E-state index in [9.17, 15) is 14.0 Å². The Hall–Kier alpha value is -3.74. The Morgan fingerprint density at radius 3 is 2.46 bits per heavy atom. The van der Waals surface area contributed by atoms with Crippen LogP contribution in [0.25, 0.3) is 0 Å². The maximum absolute atomic E-state index is 15.0. The van der Waals surface area contributed by atoms with Gasteiger partial charge in [-0.3, -0.25) is 4.79 Å². The number of amides is 2. The zero-order valence-corrected chi connectivity index (χ0v) is 22.9. The zero-order valence-electron chi connectivity index (χ0n) is 22.9. The van der Waals surface area contributed by atoms with Gasteiger partial charge in [-0.15, -0.1) is 0 Å².